The predicted octanol–water partition coefficient (Wildman–Crippen LogP) is -1.27. The second kappa shape index (κ2) is 8.53. The van der Waals surface area contributed by atoms with E-state index in [1.165, 1.54) is 28.7 Å². The van der Waals surface area contributed by atoms with Gasteiger partial charge in [0.2, 0.25) is 0 Å². The van der Waals surface area contributed by atoms with Crippen LogP contribution in [0.15, 0.2) is 63.5 Å². The SMILES string of the molecule is CC1=CC[C]([Zr+2]([c]2cccc3c2Cc2ccccc2-3)[SiH](C)C)=C1.[Cl-].[Cl-]. The fourth-order valence-corrected chi connectivity index (χ4v) is 22.9. The van der Waals surface area contributed by atoms with Crippen molar-refractivity contribution in [3.63, 3.8) is 0 Å². The molecule has 0 N–H and O–H groups in total. The molecule has 4 heteroatoms. The van der Waals surface area contributed by atoms with E-state index in [1.807, 2.05) is 3.28 Å². The first kappa shape index (κ1) is 20.9. The van der Waals surface area contributed by atoms with E-state index in [0.717, 1.165) is 6.42 Å². The van der Waals surface area contributed by atoms with Crippen molar-refractivity contribution in [3.05, 3.63) is 74.6 Å². The Bertz CT molecular complexity index is 840. The summed E-state index contributed by atoms with van der Waals surface area (Å²) in [6.07, 6.45) is 7.36. The van der Waals surface area contributed by atoms with Gasteiger partial charge in [-0.25, -0.2) is 0 Å². The Kier molecular flexibility index (Phi) is 7.13. The molecule has 25 heavy (non-hydrogen) atoms. The number of hydrogen-bond donors (Lipinski definition) is 0. The molecule has 0 bridgehead atoms. The van der Waals surface area contributed by atoms with Gasteiger partial charge in [0.25, 0.3) is 0 Å². The Morgan fingerprint density at radius 3 is 2.32 bits per heavy atom. The van der Waals surface area contributed by atoms with E-state index in [2.05, 4.69) is 74.6 Å². The Hall–Kier alpha value is -0.400. The standard InChI is InChI=1S/C13H9.C6H7.C2H7Si.2ClH.Zr/c1-3-7-12-10(5-1)9-11-6-2-4-8-13(11)12;1-6-4-2-3-5-6;1-3-2;;;/h1-5,7-8H,9H2;4-5H,2H2,1H3;3H,1-2H3;2*1H;/q;;;;;+2/p-2. The second-order valence-electron chi connectivity index (χ2n) is 7.06. The summed E-state index contributed by atoms with van der Waals surface area (Å²) in [7, 11) is 0. The molecule has 0 aromatic heterocycles. The van der Waals surface area contributed by atoms with Crippen LogP contribution in [0.2, 0.25) is 13.1 Å². The van der Waals surface area contributed by atoms with Crippen LogP contribution in [0.25, 0.3) is 11.1 Å². The third kappa shape index (κ3) is 3.83. The van der Waals surface area contributed by atoms with Crippen LogP contribution in [0.5, 0.6) is 0 Å². The van der Waals surface area contributed by atoms with Crippen molar-refractivity contribution < 1.29 is 45.7 Å². The molecule has 2 aliphatic rings. The molecule has 0 amide bonds. The van der Waals surface area contributed by atoms with Gasteiger partial charge in [-0.1, -0.05) is 0 Å². The fourth-order valence-electron chi connectivity index (χ4n) is 4.12. The maximum absolute atomic E-state index is 2.59. The van der Waals surface area contributed by atoms with Crippen LogP contribution in [-0.2, 0) is 27.3 Å². The normalized spacial score (nSPS) is 14.1. The number of halogens is 2. The van der Waals surface area contributed by atoms with Gasteiger partial charge in [0, 0.05) is 0 Å². The van der Waals surface area contributed by atoms with Crippen LogP contribution in [0.4, 0.5) is 0 Å². The summed E-state index contributed by atoms with van der Waals surface area (Å²) in [5.74, 6) is -0.630. The molecule has 0 spiro atoms. The molecule has 0 atom stereocenters. The molecule has 0 saturated carbocycles. The van der Waals surface area contributed by atoms with E-state index >= 15 is 0 Å². The van der Waals surface area contributed by atoms with Crippen molar-refractivity contribution in [3.8, 4) is 11.1 Å². The molecule has 4 rings (SSSR count). The molecule has 0 unspecified atom stereocenters. The first-order chi connectivity index (χ1) is 11.1. The van der Waals surface area contributed by atoms with Crippen LogP contribution in [0, 0.1) is 0 Å². The maximum Gasteiger partial charge on any atom is -1.00 e. The summed E-state index contributed by atoms with van der Waals surface area (Å²) in [4.78, 5) is 0. The second-order valence-corrected chi connectivity index (χ2v) is 26.2. The minimum atomic E-state index is -1.67. The van der Waals surface area contributed by atoms with Crippen LogP contribution in [-0.4, -0.2) is 5.92 Å². The molecule has 0 saturated heterocycles. The van der Waals surface area contributed by atoms with Gasteiger partial charge in [-0.2, -0.15) is 0 Å². The quantitative estimate of drug-likeness (QED) is 0.423. The molecule has 2 aromatic carbocycles. The van der Waals surface area contributed by atoms with E-state index < -0.39 is 26.8 Å². The Morgan fingerprint density at radius 1 is 0.920 bits per heavy atom. The van der Waals surface area contributed by atoms with Crippen LogP contribution in [0.3, 0.4) is 0 Å². The zero-order chi connectivity index (χ0) is 16.0. The number of allylic oxidation sites excluding steroid dienone is 4. The van der Waals surface area contributed by atoms with Crippen molar-refractivity contribution in [1.29, 1.82) is 0 Å². The van der Waals surface area contributed by atoms with Crippen molar-refractivity contribution >= 4 is 9.19 Å². The maximum atomic E-state index is 2.59. The summed E-state index contributed by atoms with van der Waals surface area (Å²) in [5, 5.41) is 0. The van der Waals surface area contributed by atoms with Gasteiger partial charge >= 0.3 is 149 Å². The predicted molar refractivity (Wildman–Crippen MR) is 99.7 cm³/mol. The van der Waals surface area contributed by atoms with Gasteiger partial charge in [-0.15, -0.1) is 0 Å². The Labute approximate surface area is 172 Å². The molecule has 2 aromatic rings. The molecular weight excluding hydrogens is 442 g/mol. The number of benzene rings is 2. The average Bonchev–Trinajstić information content (AvgIpc) is 3.11. The summed E-state index contributed by atoms with van der Waals surface area (Å²) in [6.45, 7) is 7.44. The van der Waals surface area contributed by atoms with Crippen LogP contribution in [0.1, 0.15) is 24.5 Å². The zero-order valence-corrected chi connectivity index (χ0v) is 20.1. The molecule has 0 nitrogen and oxygen atoms in total. The topological polar surface area (TPSA) is 0 Å². The molecular formula is C21H23Cl2SiZr. The van der Waals surface area contributed by atoms with Crippen LogP contribution < -0.4 is 28.1 Å². The fraction of sp³-hybridized carbons (Fsp3) is 0.238. The Morgan fingerprint density at radius 2 is 1.64 bits per heavy atom. The summed E-state index contributed by atoms with van der Waals surface area (Å²) in [6, 6.07) is 16.2. The average molecular weight is 466 g/mol. The van der Waals surface area contributed by atoms with Crippen molar-refractivity contribution in [1.82, 2.24) is 0 Å². The van der Waals surface area contributed by atoms with Gasteiger partial charge in [0.05, 0.1) is 0 Å². The number of hydrogen-bond acceptors (Lipinski definition) is 0. The Balaban J connectivity index is 0.00000113. The minimum Gasteiger partial charge on any atom is -1.00 e. The largest absolute Gasteiger partial charge is 1.00 e. The number of rotatable bonds is 3. The smallest absolute Gasteiger partial charge is 1.00 e. The molecule has 0 aliphatic heterocycles. The third-order valence-electron chi connectivity index (χ3n) is 5.11. The monoisotopic (exact) mass is 463 g/mol. The summed E-state index contributed by atoms with van der Waals surface area (Å²) < 4.78 is 3.65. The third-order valence-corrected chi connectivity index (χ3v) is 23.9. The molecule has 2 aliphatic carbocycles. The van der Waals surface area contributed by atoms with Gasteiger partial charge in [-0.05, 0) is 0 Å². The molecule has 0 heterocycles. The van der Waals surface area contributed by atoms with Crippen molar-refractivity contribution in [2.45, 2.75) is 32.9 Å². The van der Waals surface area contributed by atoms with Gasteiger partial charge in [0.15, 0.2) is 0 Å². The van der Waals surface area contributed by atoms with Crippen molar-refractivity contribution in [2.75, 3.05) is 0 Å². The number of fused-ring (bicyclic) bond motifs is 3. The molecule has 0 radical (unpaired) electrons. The summed E-state index contributed by atoms with van der Waals surface area (Å²) >= 11 is -1.67. The first-order valence-electron chi connectivity index (χ1n) is 8.60. The van der Waals surface area contributed by atoms with Crippen molar-refractivity contribution in [2.24, 2.45) is 0 Å². The van der Waals surface area contributed by atoms with Gasteiger partial charge in [0.1, 0.15) is 0 Å². The van der Waals surface area contributed by atoms with E-state index in [1.54, 1.807) is 8.83 Å². The van der Waals surface area contributed by atoms with E-state index in [9.17, 15) is 0 Å². The molecule has 0 fully saturated rings. The van der Waals surface area contributed by atoms with E-state index in [-0.39, 0.29) is 24.8 Å². The van der Waals surface area contributed by atoms with Gasteiger partial charge in [-0.3, -0.25) is 0 Å². The van der Waals surface area contributed by atoms with E-state index in [4.69, 9.17) is 0 Å². The van der Waals surface area contributed by atoms with E-state index in [0.29, 0.717) is 0 Å². The first-order valence-corrected chi connectivity index (χ1v) is 18.2. The van der Waals surface area contributed by atoms with Crippen LogP contribution >= 0.6 is 0 Å². The minimum absolute atomic E-state index is 0. The van der Waals surface area contributed by atoms with Gasteiger partial charge < -0.3 is 24.8 Å². The summed E-state index contributed by atoms with van der Waals surface area (Å²) in [5.41, 5.74) is 7.69. The zero-order valence-electron chi connectivity index (χ0n) is 14.9. The molecule has 129 valence electrons.